The third kappa shape index (κ3) is 3.63. The van der Waals surface area contributed by atoms with E-state index in [0.29, 0.717) is 5.75 Å². The lowest BCUT2D eigenvalue weighted by Gasteiger charge is -2.28. The highest BCUT2D eigenvalue weighted by Gasteiger charge is 2.31. The molecule has 7 nitrogen and oxygen atoms in total. The molecular weight excluding hydrogens is 358 g/mol. The van der Waals surface area contributed by atoms with Crippen LogP contribution in [0.2, 0.25) is 5.02 Å². The molecule has 1 heterocycles. The number of sulfonamides is 2. The number of primary sulfonamides is 1. The van der Waals surface area contributed by atoms with E-state index in [0.717, 1.165) is 11.8 Å². The zero-order valence-electron chi connectivity index (χ0n) is 11.0. The molecule has 11 heteroatoms. The predicted octanol–water partition coefficient (Wildman–Crippen LogP) is 0.770. The number of thioether (sulfide) groups is 1. The topological polar surface area (TPSA) is 118 Å². The number of fused-ring (bicyclic) bond motifs is 1. The second-order valence-corrected chi connectivity index (χ2v) is 9.24. The third-order valence-corrected chi connectivity index (χ3v) is 6.61. The lowest BCUT2D eigenvalue weighted by atomic mass is 10.3. The van der Waals surface area contributed by atoms with Gasteiger partial charge in [-0.1, -0.05) is 18.5 Å². The van der Waals surface area contributed by atoms with Crippen molar-refractivity contribution >= 4 is 49.1 Å². The summed E-state index contributed by atoms with van der Waals surface area (Å²) in [6, 6.07) is 2.23. The van der Waals surface area contributed by atoms with E-state index >= 15 is 0 Å². The number of nitrogens with two attached hydrogens (primary N) is 1. The molecule has 0 aromatic heterocycles. The van der Waals surface area contributed by atoms with Gasteiger partial charge in [0.2, 0.25) is 20.0 Å². The maximum atomic E-state index is 12.2. The van der Waals surface area contributed by atoms with E-state index < -0.39 is 31.1 Å². The Morgan fingerprint density at radius 2 is 2.10 bits per heavy atom. The number of rotatable bonds is 4. The van der Waals surface area contributed by atoms with Crippen molar-refractivity contribution in [3.63, 3.8) is 0 Å². The fourth-order valence-electron chi connectivity index (χ4n) is 1.87. The highest BCUT2D eigenvalue weighted by molar-refractivity contribution is 7.99. The van der Waals surface area contributed by atoms with E-state index in [9.17, 15) is 16.8 Å². The molecule has 0 saturated heterocycles. The molecule has 1 aromatic carbocycles. The SMILES string of the molecule is CCSC[C@H]1Nc2cc(Cl)c(S(N)(=O)=O)cc2S(=O)(=O)N1. The summed E-state index contributed by atoms with van der Waals surface area (Å²) in [6.07, 6.45) is -0.483. The molecule has 0 unspecified atom stereocenters. The lowest BCUT2D eigenvalue weighted by Crippen LogP contribution is -2.46. The minimum atomic E-state index is -4.10. The van der Waals surface area contributed by atoms with Crippen LogP contribution >= 0.6 is 23.4 Å². The van der Waals surface area contributed by atoms with Gasteiger partial charge in [0.15, 0.2) is 0 Å². The summed E-state index contributed by atoms with van der Waals surface area (Å²) in [6.45, 7) is 1.96. The molecule has 0 saturated carbocycles. The Bertz CT molecular complexity index is 764. The fraction of sp³-hybridized carbons (Fsp3) is 0.400. The first-order valence-corrected chi connectivity index (χ1v) is 10.4. The number of nitrogens with one attached hydrogen (secondary N) is 2. The molecule has 1 aromatic rings. The molecule has 1 aliphatic heterocycles. The van der Waals surface area contributed by atoms with Gasteiger partial charge in [-0.3, -0.25) is 0 Å². The van der Waals surface area contributed by atoms with E-state index in [1.807, 2.05) is 6.92 Å². The van der Waals surface area contributed by atoms with Crippen LogP contribution in [0.15, 0.2) is 21.9 Å². The molecule has 2 rings (SSSR count). The normalized spacial score (nSPS) is 20.6. The molecule has 0 spiro atoms. The highest BCUT2D eigenvalue weighted by Crippen LogP contribution is 2.33. The van der Waals surface area contributed by atoms with Crippen LogP contribution in [0.4, 0.5) is 5.69 Å². The van der Waals surface area contributed by atoms with Crippen molar-refractivity contribution in [2.24, 2.45) is 5.14 Å². The summed E-state index contributed by atoms with van der Waals surface area (Å²) in [7, 11) is -7.93. The molecule has 0 fully saturated rings. The second kappa shape index (κ2) is 5.94. The molecule has 4 N–H and O–H groups in total. The standard InChI is InChI=1S/C10H14ClN3O4S3/c1-2-19-5-10-13-7-3-6(11)8(20(12,15)16)4-9(7)21(17,18)14-10/h3-4,10,13-14H,2,5H2,1H3,(H2,12,15,16)/t10-/m0/s1. The van der Waals surface area contributed by atoms with Crippen LogP contribution < -0.4 is 15.2 Å². The Morgan fingerprint density at radius 3 is 2.67 bits per heavy atom. The van der Waals surface area contributed by atoms with Crippen LogP contribution in [-0.4, -0.2) is 34.5 Å². The maximum absolute atomic E-state index is 12.2. The second-order valence-electron chi connectivity index (χ2n) is 4.30. The number of benzene rings is 1. The summed E-state index contributed by atoms with van der Waals surface area (Å²) in [5.74, 6) is 1.38. The molecule has 0 bridgehead atoms. The lowest BCUT2D eigenvalue weighted by molar-refractivity contribution is 0.566. The Balaban J connectivity index is 2.51. The van der Waals surface area contributed by atoms with Gasteiger partial charge in [-0.25, -0.2) is 22.0 Å². The Morgan fingerprint density at radius 1 is 1.43 bits per heavy atom. The molecule has 21 heavy (non-hydrogen) atoms. The van der Waals surface area contributed by atoms with Gasteiger partial charge in [0.1, 0.15) is 9.79 Å². The van der Waals surface area contributed by atoms with Crippen LogP contribution in [0, 0.1) is 0 Å². The van der Waals surface area contributed by atoms with Crippen molar-refractivity contribution in [3.05, 3.63) is 17.2 Å². The number of hydrogen-bond acceptors (Lipinski definition) is 6. The van der Waals surface area contributed by atoms with Crippen LogP contribution in [0.25, 0.3) is 0 Å². The largest absolute Gasteiger partial charge is 0.367 e. The van der Waals surface area contributed by atoms with E-state index in [2.05, 4.69) is 10.0 Å². The van der Waals surface area contributed by atoms with Gasteiger partial charge in [0.25, 0.3) is 0 Å². The van der Waals surface area contributed by atoms with Gasteiger partial charge < -0.3 is 5.32 Å². The minimum absolute atomic E-state index is 0.122. The predicted molar refractivity (Wildman–Crippen MR) is 83.6 cm³/mol. The van der Waals surface area contributed by atoms with Crippen molar-refractivity contribution in [3.8, 4) is 0 Å². The fourth-order valence-corrected chi connectivity index (χ4v) is 5.11. The van der Waals surface area contributed by atoms with Gasteiger partial charge in [0, 0.05) is 5.75 Å². The summed E-state index contributed by atoms with van der Waals surface area (Å²) in [4.78, 5) is -0.606. The number of hydrogen-bond donors (Lipinski definition) is 3. The molecular formula is C10H14ClN3O4S3. The Hall–Kier alpha value is -0.520. The Labute approximate surface area is 132 Å². The summed E-state index contributed by atoms with van der Waals surface area (Å²) in [5.41, 5.74) is 0.257. The molecule has 118 valence electrons. The highest BCUT2D eigenvalue weighted by atomic mass is 35.5. The molecule has 0 amide bonds. The van der Waals surface area contributed by atoms with E-state index in [-0.39, 0.29) is 15.6 Å². The monoisotopic (exact) mass is 371 g/mol. The summed E-state index contributed by atoms with van der Waals surface area (Å²) < 4.78 is 49.7. The average molecular weight is 372 g/mol. The van der Waals surface area contributed by atoms with Crippen molar-refractivity contribution in [2.75, 3.05) is 16.8 Å². The number of halogens is 1. The van der Waals surface area contributed by atoms with Gasteiger partial charge in [-0.2, -0.15) is 16.5 Å². The Kier molecular flexibility index (Phi) is 4.76. The quantitative estimate of drug-likeness (QED) is 0.719. The van der Waals surface area contributed by atoms with Gasteiger partial charge in [0.05, 0.1) is 16.9 Å². The van der Waals surface area contributed by atoms with Gasteiger partial charge >= 0.3 is 0 Å². The molecule has 0 aliphatic carbocycles. The van der Waals surface area contributed by atoms with Crippen molar-refractivity contribution in [1.82, 2.24) is 4.72 Å². The average Bonchev–Trinajstić information content (AvgIpc) is 2.33. The first-order valence-electron chi connectivity index (χ1n) is 5.88. The van der Waals surface area contributed by atoms with Crippen LogP contribution in [-0.2, 0) is 20.0 Å². The van der Waals surface area contributed by atoms with Gasteiger partial charge in [-0.15, -0.1) is 0 Å². The van der Waals surface area contributed by atoms with Crippen molar-refractivity contribution < 1.29 is 16.8 Å². The summed E-state index contributed by atoms with van der Waals surface area (Å²) in [5, 5.41) is 7.87. The zero-order valence-corrected chi connectivity index (χ0v) is 14.2. The third-order valence-electron chi connectivity index (χ3n) is 2.75. The van der Waals surface area contributed by atoms with Crippen molar-refractivity contribution in [2.45, 2.75) is 22.9 Å². The molecule has 1 atom stereocenters. The van der Waals surface area contributed by atoms with Gasteiger partial charge in [-0.05, 0) is 17.9 Å². The zero-order chi connectivity index (χ0) is 15.8. The minimum Gasteiger partial charge on any atom is -0.367 e. The summed E-state index contributed by atoms with van der Waals surface area (Å²) >= 11 is 7.43. The van der Waals surface area contributed by atoms with Crippen LogP contribution in [0.3, 0.4) is 0 Å². The van der Waals surface area contributed by atoms with Crippen LogP contribution in [0.1, 0.15) is 6.92 Å². The first kappa shape index (κ1) is 16.8. The molecule has 0 radical (unpaired) electrons. The van der Waals surface area contributed by atoms with Crippen LogP contribution in [0.5, 0.6) is 0 Å². The smallest absolute Gasteiger partial charge is 0.244 e. The first-order chi connectivity index (χ1) is 9.65. The van der Waals surface area contributed by atoms with E-state index in [1.54, 1.807) is 11.8 Å². The maximum Gasteiger partial charge on any atom is 0.244 e. The van der Waals surface area contributed by atoms with E-state index in [1.165, 1.54) is 6.07 Å². The molecule has 1 aliphatic rings. The van der Waals surface area contributed by atoms with Crippen molar-refractivity contribution in [1.29, 1.82) is 0 Å². The van der Waals surface area contributed by atoms with E-state index in [4.69, 9.17) is 16.7 Å². The number of anilines is 1.